The van der Waals surface area contributed by atoms with Gasteiger partial charge in [-0.05, 0) is 69.5 Å². The topological polar surface area (TPSA) is 150 Å². The van der Waals surface area contributed by atoms with Gasteiger partial charge in [-0.15, -0.1) is 0 Å². The predicted octanol–water partition coefficient (Wildman–Crippen LogP) is 3.07. The van der Waals surface area contributed by atoms with Gasteiger partial charge in [0.2, 0.25) is 12.7 Å². The minimum absolute atomic E-state index is 0.0592. The van der Waals surface area contributed by atoms with Crippen molar-refractivity contribution >= 4 is 41.0 Å². The van der Waals surface area contributed by atoms with E-state index in [-0.39, 0.29) is 17.6 Å². The third-order valence-corrected chi connectivity index (χ3v) is 6.25. The summed E-state index contributed by atoms with van der Waals surface area (Å²) in [4.78, 5) is 54.2. The van der Waals surface area contributed by atoms with Crippen molar-refractivity contribution in [1.29, 1.82) is 0 Å². The molecule has 1 fully saturated rings. The third-order valence-electron chi connectivity index (χ3n) is 6.25. The fourth-order valence-electron chi connectivity index (χ4n) is 4.39. The van der Waals surface area contributed by atoms with Crippen LogP contribution in [0, 0.1) is 11.3 Å². The van der Waals surface area contributed by atoms with E-state index in [1.807, 2.05) is 0 Å². The third kappa shape index (κ3) is 5.36. The average Bonchev–Trinajstić information content (AvgIpc) is 3.44. The molecule has 0 radical (unpaired) electrons. The summed E-state index contributed by atoms with van der Waals surface area (Å²) in [5, 5.41) is 15.5. The Kier molecular flexibility index (Phi) is 7.08. The van der Waals surface area contributed by atoms with Crippen LogP contribution in [0.3, 0.4) is 0 Å². The molecule has 3 amide bonds. The van der Waals surface area contributed by atoms with E-state index in [9.17, 15) is 24.3 Å². The first-order chi connectivity index (χ1) is 17.5. The number of aliphatic hydroxyl groups is 1. The zero-order valence-corrected chi connectivity index (χ0v) is 21.0. The minimum atomic E-state index is -0.872. The van der Waals surface area contributed by atoms with Crippen LogP contribution in [0.2, 0.25) is 0 Å². The van der Waals surface area contributed by atoms with Crippen LogP contribution in [-0.2, 0) is 23.9 Å². The van der Waals surface area contributed by atoms with Gasteiger partial charge >= 0.3 is 18.0 Å². The molecule has 0 aliphatic carbocycles. The molecule has 1 aromatic heterocycles. The molecule has 4 N–H and O–H groups in total. The Labute approximate surface area is 213 Å². The van der Waals surface area contributed by atoms with Gasteiger partial charge in [-0.2, -0.15) is 0 Å². The SMILES string of the molecule is C[C@@H](O)[C@H]1C(=O)N2C(C(=O)OCOC(=O)C(C)(C)C)=C(c3ccc(NC(=O)Nc4ccc[nH]4)cc3)C[C@H]12. The number of hydrogen-bond acceptors (Lipinski definition) is 7. The Morgan fingerprint density at radius 3 is 2.43 bits per heavy atom. The molecule has 0 spiro atoms. The molecule has 2 aliphatic rings. The molecule has 0 saturated carbocycles. The summed E-state index contributed by atoms with van der Waals surface area (Å²) in [6, 6.07) is 9.45. The fourth-order valence-corrected chi connectivity index (χ4v) is 4.39. The van der Waals surface area contributed by atoms with Crippen LogP contribution >= 0.6 is 0 Å². The van der Waals surface area contributed by atoms with Crippen LogP contribution in [0.1, 0.15) is 39.7 Å². The van der Waals surface area contributed by atoms with Crippen LogP contribution in [-0.4, -0.2) is 57.8 Å². The first-order valence-corrected chi connectivity index (χ1v) is 11.9. The van der Waals surface area contributed by atoms with E-state index in [1.165, 1.54) is 4.90 Å². The number of carbonyl (C=O) groups excluding carboxylic acids is 4. The normalized spacial score (nSPS) is 19.6. The van der Waals surface area contributed by atoms with Gasteiger partial charge < -0.3 is 29.8 Å². The van der Waals surface area contributed by atoms with Gasteiger partial charge in [0.15, 0.2) is 0 Å². The van der Waals surface area contributed by atoms with Crippen molar-refractivity contribution < 1.29 is 33.8 Å². The lowest BCUT2D eigenvalue weighted by molar-refractivity contribution is -0.175. The lowest BCUT2D eigenvalue weighted by Gasteiger charge is -2.44. The van der Waals surface area contributed by atoms with Crippen LogP contribution < -0.4 is 10.6 Å². The van der Waals surface area contributed by atoms with E-state index >= 15 is 0 Å². The lowest BCUT2D eigenvalue weighted by Crippen LogP contribution is -2.61. The van der Waals surface area contributed by atoms with Crippen molar-refractivity contribution in [2.45, 2.75) is 46.3 Å². The Bertz CT molecular complexity index is 1230. The molecule has 2 aromatic rings. The van der Waals surface area contributed by atoms with Gasteiger partial charge in [0.25, 0.3) is 0 Å². The second-order valence-electron chi connectivity index (χ2n) is 10.0. The van der Waals surface area contributed by atoms with E-state index in [2.05, 4.69) is 15.6 Å². The molecule has 11 nitrogen and oxygen atoms in total. The largest absolute Gasteiger partial charge is 0.427 e. The molecule has 196 valence electrons. The zero-order valence-electron chi connectivity index (χ0n) is 21.0. The van der Waals surface area contributed by atoms with Crippen LogP contribution in [0.25, 0.3) is 5.57 Å². The van der Waals surface area contributed by atoms with Crippen molar-refractivity contribution in [2.24, 2.45) is 11.3 Å². The molecule has 0 unspecified atom stereocenters. The first kappa shape index (κ1) is 26.0. The highest BCUT2D eigenvalue weighted by atomic mass is 16.7. The monoisotopic (exact) mass is 510 g/mol. The number of hydrogen-bond donors (Lipinski definition) is 4. The molecule has 4 rings (SSSR count). The highest BCUT2D eigenvalue weighted by Gasteiger charge is 2.57. The van der Waals surface area contributed by atoms with E-state index < -0.39 is 42.2 Å². The second kappa shape index (κ2) is 10.1. The number of aliphatic hydroxyl groups excluding tert-OH is 1. The number of esters is 2. The van der Waals surface area contributed by atoms with Gasteiger partial charge in [-0.1, -0.05) is 12.1 Å². The Morgan fingerprint density at radius 1 is 1.14 bits per heavy atom. The summed E-state index contributed by atoms with van der Waals surface area (Å²) < 4.78 is 10.2. The number of urea groups is 1. The minimum Gasteiger partial charge on any atom is -0.427 e. The smallest absolute Gasteiger partial charge is 0.358 e. The zero-order chi connectivity index (χ0) is 26.9. The van der Waals surface area contributed by atoms with Gasteiger partial charge in [-0.25, -0.2) is 9.59 Å². The molecular weight excluding hydrogens is 480 g/mol. The number of carbonyl (C=O) groups is 4. The van der Waals surface area contributed by atoms with Gasteiger partial charge in [0.1, 0.15) is 11.5 Å². The molecular formula is C26H30N4O7. The van der Waals surface area contributed by atoms with Crippen LogP contribution in [0.15, 0.2) is 48.3 Å². The molecule has 0 bridgehead atoms. The van der Waals surface area contributed by atoms with Crippen molar-refractivity contribution in [1.82, 2.24) is 9.88 Å². The molecule has 2 aliphatic heterocycles. The van der Waals surface area contributed by atoms with Crippen LogP contribution in [0.5, 0.6) is 0 Å². The van der Waals surface area contributed by atoms with Crippen molar-refractivity contribution in [3.8, 4) is 0 Å². The van der Waals surface area contributed by atoms with Gasteiger partial charge in [0.05, 0.1) is 23.5 Å². The predicted molar refractivity (Wildman–Crippen MR) is 134 cm³/mol. The second-order valence-corrected chi connectivity index (χ2v) is 10.0. The number of amides is 3. The highest BCUT2D eigenvalue weighted by Crippen LogP contribution is 2.47. The number of ether oxygens (including phenoxy) is 2. The lowest BCUT2D eigenvalue weighted by atomic mass is 9.82. The summed E-state index contributed by atoms with van der Waals surface area (Å²) in [5.41, 5.74) is 1.03. The van der Waals surface area contributed by atoms with Gasteiger partial charge in [0, 0.05) is 11.9 Å². The maximum absolute atomic E-state index is 13.0. The number of fused-ring (bicyclic) bond motifs is 1. The summed E-state index contributed by atoms with van der Waals surface area (Å²) in [6.07, 6.45) is 1.16. The van der Waals surface area contributed by atoms with E-state index in [4.69, 9.17) is 9.47 Å². The number of rotatable bonds is 7. The quantitative estimate of drug-likeness (QED) is 0.254. The standard InChI is InChI=1S/C26H30N4O7/c1-14(31)20-18-12-17(15-7-9-16(10-8-15)28-25(35)29-19-6-5-11-27-19)21(30(18)22(20)32)23(33)36-13-37-24(34)26(2,3)4/h5-11,14,18,20,27,31H,12-13H2,1-4H3,(H2,28,29,35)/t14-,18-,20-/m1/s1. The number of H-pyrrole nitrogens is 1. The number of aromatic amines is 1. The summed E-state index contributed by atoms with van der Waals surface area (Å²) in [6.45, 7) is 5.99. The van der Waals surface area contributed by atoms with Crippen molar-refractivity contribution in [3.63, 3.8) is 0 Å². The van der Waals surface area contributed by atoms with Crippen molar-refractivity contribution in [3.05, 3.63) is 53.9 Å². The maximum atomic E-state index is 13.0. The number of anilines is 2. The Hall–Kier alpha value is -4.12. The number of benzene rings is 1. The highest BCUT2D eigenvalue weighted by molar-refractivity contribution is 6.07. The molecule has 11 heteroatoms. The van der Waals surface area contributed by atoms with E-state index in [1.54, 1.807) is 70.3 Å². The van der Waals surface area contributed by atoms with E-state index in [0.717, 1.165) is 0 Å². The summed E-state index contributed by atoms with van der Waals surface area (Å²) >= 11 is 0. The number of aromatic nitrogens is 1. The maximum Gasteiger partial charge on any atom is 0.358 e. The first-order valence-electron chi connectivity index (χ1n) is 11.9. The average molecular weight is 511 g/mol. The summed E-state index contributed by atoms with van der Waals surface area (Å²) in [7, 11) is 0. The molecule has 3 heterocycles. The summed E-state index contributed by atoms with van der Waals surface area (Å²) in [5.74, 6) is -1.78. The fraction of sp³-hybridized carbons (Fsp3) is 0.385. The van der Waals surface area contributed by atoms with Crippen molar-refractivity contribution in [2.75, 3.05) is 17.4 Å². The molecule has 1 aromatic carbocycles. The van der Waals surface area contributed by atoms with Crippen LogP contribution in [0.4, 0.5) is 16.3 Å². The van der Waals surface area contributed by atoms with E-state index in [0.29, 0.717) is 29.1 Å². The molecule has 1 saturated heterocycles. The van der Waals surface area contributed by atoms with Gasteiger partial charge in [-0.3, -0.25) is 14.9 Å². The number of β-lactam (4-membered cyclic amide) rings is 1. The number of nitrogens with zero attached hydrogens (tertiary/aromatic N) is 1. The Morgan fingerprint density at radius 2 is 1.84 bits per heavy atom. The number of nitrogens with one attached hydrogen (secondary N) is 3. The molecule has 3 atom stereocenters. The Balaban J connectivity index is 1.51. The molecule has 37 heavy (non-hydrogen) atoms.